The maximum atomic E-state index is 5.96. The van der Waals surface area contributed by atoms with E-state index in [1.165, 1.54) is 37.9 Å². The summed E-state index contributed by atoms with van der Waals surface area (Å²) >= 11 is 0. The molecule has 12 heavy (non-hydrogen) atoms. The van der Waals surface area contributed by atoms with Gasteiger partial charge in [0.05, 0.1) is 5.76 Å². The van der Waals surface area contributed by atoms with Crippen molar-refractivity contribution in [3.63, 3.8) is 0 Å². The van der Waals surface area contributed by atoms with Crippen molar-refractivity contribution in [2.45, 2.75) is 51.7 Å². The smallest absolute Gasteiger partial charge is 0.241 e. The molecule has 0 atom stereocenters. The molecule has 1 rings (SSSR count). The summed E-state index contributed by atoms with van der Waals surface area (Å²) in [5.74, 6) is 1.27. The number of hydrogen-bond acceptors (Lipinski definition) is 1. The molecule has 0 radical (unpaired) electrons. The summed E-state index contributed by atoms with van der Waals surface area (Å²) < 4.78 is 5.96. The Hall–Kier alpha value is -0.243. The highest BCUT2D eigenvalue weighted by atomic mass is 28.4. The lowest BCUT2D eigenvalue weighted by atomic mass is 10.2. The van der Waals surface area contributed by atoms with Crippen LogP contribution in [0.5, 0.6) is 0 Å². The lowest BCUT2D eigenvalue weighted by Crippen LogP contribution is -2.24. The normalized spacial score (nSPS) is 19.8. The van der Waals surface area contributed by atoms with Crippen LogP contribution in [0.1, 0.15) is 32.1 Å². The van der Waals surface area contributed by atoms with E-state index in [2.05, 4.69) is 25.7 Å². The lowest BCUT2D eigenvalue weighted by molar-refractivity contribution is 0.396. The first-order valence-corrected chi connectivity index (χ1v) is 8.37. The van der Waals surface area contributed by atoms with E-state index in [0.29, 0.717) is 0 Å². The molecule has 1 nitrogen and oxygen atoms in total. The topological polar surface area (TPSA) is 9.23 Å². The molecule has 0 N–H and O–H groups in total. The molecule has 0 amide bonds. The van der Waals surface area contributed by atoms with Crippen molar-refractivity contribution in [1.82, 2.24) is 0 Å². The molecule has 0 aromatic carbocycles. The van der Waals surface area contributed by atoms with Crippen LogP contribution in [0.15, 0.2) is 11.8 Å². The highest BCUT2D eigenvalue weighted by Gasteiger charge is 2.17. The van der Waals surface area contributed by atoms with Crippen molar-refractivity contribution in [3.05, 3.63) is 11.8 Å². The maximum Gasteiger partial charge on any atom is 0.241 e. The second kappa shape index (κ2) is 4.12. The van der Waals surface area contributed by atoms with Gasteiger partial charge in [-0.1, -0.05) is 6.42 Å². The van der Waals surface area contributed by atoms with Crippen LogP contribution >= 0.6 is 0 Å². The maximum absolute atomic E-state index is 5.96. The van der Waals surface area contributed by atoms with Gasteiger partial charge in [-0.25, -0.2) is 0 Å². The molecule has 0 aromatic heterocycles. The summed E-state index contributed by atoms with van der Waals surface area (Å²) in [6.45, 7) is 6.75. The third kappa shape index (κ3) is 3.95. The second-order valence-electron chi connectivity index (χ2n) is 4.48. The average Bonchev–Trinajstić information content (AvgIpc) is 2.12. The van der Waals surface area contributed by atoms with E-state index in [-0.39, 0.29) is 0 Å². The van der Waals surface area contributed by atoms with Crippen molar-refractivity contribution < 1.29 is 4.43 Å². The quantitative estimate of drug-likeness (QED) is 0.595. The van der Waals surface area contributed by atoms with Crippen molar-refractivity contribution >= 4 is 8.32 Å². The molecule has 0 saturated carbocycles. The van der Waals surface area contributed by atoms with E-state index in [1.54, 1.807) is 0 Å². The van der Waals surface area contributed by atoms with Gasteiger partial charge in [-0.2, -0.15) is 0 Å². The molecule has 0 bridgehead atoms. The van der Waals surface area contributed by atoms with E-state index in [0.717, 1.165) is 0 Å². The molecule has 0 fully saturated rings. The summed E-state index contributed by atoms with van der Waals surface area (Å²) in [6, 6.07) is 0. The zero-order chi connectivity index (χ0) is 9.03. The zero-order valence-corrected chi connectivity index (χ0v) is 9.52. The van der Waals surface area contributed by atoms with Gasteiger partial charge in [0.15, 0.2) is 0 Å². The molecule has 0 saturated heterocycles. The fourth-order valence-electron chi connectivity index (χ4n) is 1.47. The highest BCUT2D eigenvalue weighted by Crippen LogP contribution is 2.21. The Labute approximate surface area is 76.9 Å². The van der Waals surface area contributed by atoms with Crippen LogP contribution in [0.3, 0.4) is 0 Å². The fourth-order valence-corrected chi connectivity index (χ4v) is 2.44. The van der Waals surface area contributed by atoms with Gasteiger partial charge in [-0.05, 0) is 45.0 Å². The Bertz CT molecular complexity index is 167. The molecule has 1 aliphatic rings. The second-order valence-corrected chi connectivity index (χ2v) is 8.91. The Balaban J connectivity index is 2.44. The molecule has 0 aliphatic heterocycles. The summed E-state index contributed by atoms with van der Waals surface area (Å²) in [5.41, 5.74) is 0. The molecule has 0 spiro atoms. The Morgan fingerprint density at radius 1 is 1.17 bits per heavy atom. The number of allylic oxidation sites excluding steroid dienone is 2. The third-order valence-corrected chi connectivity index (χ3v) is 2.81. The zero-order valence-electron chi connectivity index (χ0n) is 8.52. The van der Waals surface area contributed by atoms with E-state index >= 15 is 0 Å². The summed E-state index contributed by atoms with van der Waals surface area (Å²) in [5, 5.41) is 0. The predicted octanol–water partition coefficient (Wildman–Crippen LogP) is 3.69. The molecular weight excluding hydrogens is 164 g/mol. The van der Waals surface area contributed by atoms with Gasteiger partial charge in [-0.15, -0.1) is 0 Å². The number of hydrogen-bond donors (Lipinski definition) is 0. The molecule has 70 valence electrons. The first-order valence-electron chi connectivity index (χ1n) is 4.96. The minimum Gasteiger partial charge on any atom is -0.548 e. The minimum absolute atomic E-state index is 1.17. The van der Waals surface area contributed by atoms with Crippen LogP contribution in [0, 0.1) is 0 Å². The monoisotopic (exact) mass is 184 g/mol. The molecule has 2 heteroatoms. The van der Waals surface area contributed by atoms with Crippen LogP contribution in [-0.4, -0.2) is 8.32 Å². The summed E-state index contributed by atoms with van der Waals surface area (Å²) in [7, 11) is -1.34. The first kappa shape index (κ1) is 9.84. The standard InChI is InChI=1S/C10H20OSi/c1-12(2,3)11-10-8-6-4-5-7-9-10/h8H,4-7,9H2,1-3H3. The average molecular weight is 184 g/mol. The predicted molar refractivity (Wildman–Crippen MR) is 55.6 cm³/mol. The van der Waals surface area contributed by atoms with Gasteiger partial charge in [-0.3, -0.25) is 0 Å². The van der Waals surface area contributed by atoms with Crippen molar-refractivity contribution in [3.8, 4) is 0 Å². The molecule has 0 heterocycles. The molecule has 0 unspecified atom stereocenters. The third-order valence-electron chi connectivity index (χ3n) is 1.94. The van der Waals surface area contributed by atoms with Crippen molar-refractivity contribution in [2.75, 3.05) is 0 Å². The minimum atomic E-state index is -1.34. The Morgan fingerprint density at radius 2 is 1.92 bits per heavy atom. The Kier molecular flexibility index (Phi) is 3.38. The van der Waals surface area contributed by atoms with Crippen molar-refractivity contribution in [1.29, 1.82) is 0 Å². The van der Waals surface area contributed by atoms with Gasteiger partial charge in [0.25, 0.3) is 0 Å². The lowest BCUT2D eigenvalue weighted by Gasteiger charge is -2.21. The number of rotatable bonds is 2. The van der Waals surface area contributed by atoms with E-state index < -0.39 is 8.32 Å². The fraction of sp³-hybridized carbons (Fsp3) is 0.800. The SMILES string of the molecule is C[Si](C)(C)OC1=CCCCCC1. The van der Waals surface area contributed by atoms with E-state index in [4.69, 9.17) is 4.43 Å². The van der Waals surface area contributed by atoms with Gasteiger partial charge < -0.3 is 4.43 Å². The van der Waals surface area contributed by atoms with Crippen LogP contribution in [-0.2, 0) is 4.43 Å². The summed E-state index contributed by atoms with van der Waals surface area (Å²) in [4.78, 5) is 0. The highest BCUT2D eigenvalue weighted by molar-refractivity contribution is 6.70. The van der Waals surface area contributed by atoms with Crippen molar-refractivity contribution in [2.24, 2.45) is 0 Å². The van der Waals surface area contributed by atoms with E-state index in [1.807, 2.05) is 0 Å². The van der Waals surface area contributed by atoms with Crippen LogP contribution in [0.2, 0.25) is 19.6 Å². The molecule has 1 aliphatic carbocycles. The first-order chi connectivity index (χ1) is 5.58. The molecular formula is C10H20OSi. The van der Waals surface area contributed by atoms with Gasteiger partial charge >= 0.3 is 0 Å². The van der Waals surface area contributed by atoms with Gasteiger partial charge in [0, 0.05) is 6.42 Å². The largest absolute Gasteiger partial charge is 0.548 e. The van der Waals surface area contributed by atoms with E-state index in [9.17, 15) is 0 Å². The van der Waals surface area contributed by atoms with Gasteiger partial charge in [0.2, 0.25) is 8.32 Å². The molecule has 0 aromatic rings. The Morgan fingerprint density at radius 3 is 2.58 bits per heavy atom. The van der Waals surface area contributed by atoms with Crippen LogP contribution < -0.4 is 0 Å². The van der Waals surface area contributed by atoms with Gasteiger partial charge in [0.1, 0.15) is 0 Å². The summed E-state index contributed by atoms with van der Waals surface area (Å²) in [6.07, 6.45) is 8.72. The van der Waals surface area contributed by atoms with Crippen LogP contribution in [0.25, 0.3) is 0 Å². The van der Waals surface area contributed by atoms with Crippen LogP contribution in [0.4, 0.5) is 0 Å².